The number of carbonyl (C=O) groups is 1. The lowest BCUT2D eigenvalue weighted by molar-refractivity contribution is -0.117. The largest absolute Gasteiger partial charge is 0.494 e. The first-order valence-electron chi connectivity index (χ1n) is 7.47. The van der Waals surface area contributed by atoms with Gasteiger partial charge in [0.2, 0.25) is 0 Å². The van der Waals surface area contributed by atoms with Crippen molar-refractivity contribution in [3.05, 3.63) is 35.4 Å². The molecule has 0 saturated carbocycles. The van der Waals surface area contributed by atoms with Crippen molar-refractivity contribution in [1.29, 1.82) is 5.26 Å². The molecule has 0 aromatic heterocycles. The number of amides is 1. The number of ether oxygens (including phenoxy) is 2. The quantitative estimate of drug-likeness (QED) is 0.646. The number of nitrogens with zero attached hydrogens (tertiary/aromatic N) is 1. The zero-order valence-electron chi connectivity index (χ0n) is 12.7. The molecule has 1 aromatic carbocycles. The zero-order valence-corrected chi connectivity index (χ0v) is 12.7. The Morgan fingerprint density at radius 2 is 2.27 bits per heavy atom. The average molecular weight is 300 g/mol. The summed E-state index contributed by atoms with van der Waals surface area (Å²) in [4.78, 5) is 12.0. The highest BCUT2D eigenvalue weighted by Crippen LogP contribution is 2.15. The molecule has 2 rings (SSSR count). The summed E-state index contributed by atoms with van der Waals surface area (Å²) in [7, 11) is 0. The molecule has 1 heterocycles. The van der Waals surface area contributed by atoms with E-state index in [9.17, 15) is 4.79 Å². The summed E-state index contributed by atoms with van der Waals surface area (Å²) in [6.07, 6.45) is 3.60. The predicted octanol–water partition coefficient (Wildman–Crippen LogP) is 2.29. The Kier molecular flexibility index (Phi) is 5.99. The first kappa shape index (κ1) is 16.1. The van der Waals surface area contributed by atoms with Crippen molar-refractivity contribution in [2.24, 2.45) is 0 Å². The van der Waals surface area contributed by atoms with Gasteiger partial charge in [-0.05, 0) is 43.5 Å². The number of benzene rings is 1. The number of nitriles is 1. The van der Waals surface area contributed by atoms with Gasteiger partial charge in [0.15, 0.2) is 0 Å². The highest BCUT2D eigenvalue weighted by molar-refractivity contribution is 6.01. The van der Waals surface area contributed by atoms with Crippen LogP contribution in [0.25, 0.3) is 6.08 Å². The van der Waals surface area contributed by atoms with Gasteiger partial charge in [0.1, 0.15) is 17.4 Å². The Bertz CT molecular complexity index is 567. The average Bonchev–Trinajstić information content (AvgIpc) is 3.05. The molecule has 1 N–H and O–H groups in total. The molecule has 1 aromatic rings. The number of rotatable bonds is 6. The first-order valence-corrected chi connectivity index (χ1v) is 7.47. The van der Waals surface area contributed by atoms with Crippen LogP contribution in [-0.2, 0) is 9.53 Å². The van der Waals surface area contributed by atoms with E-state index in [-0.39, 0.29) is 17.6 Å². The van der Waals surface area contributed by atoms with Crippen molar-refractivity contribution >= 4 is 12.0 Å². The van der Waals surface area contributed by atoms with Gasteiger partial charge in [-0.2, -0.15) is 5.26 Å². The van der Waals surface area contributed by atoms with Crippen LogP contribution >= 0.6 is 0 Å². The molecule has 1 fully saturated rings. The van der Waals surface area contributed by atoms with E-state index in [1.165, 1.54) is 0 Å². The van der Waals surface area contributed by atoms with Gasteiger partial charge in [-0.3, -0.25) is 4.79 Å². The molecule has 0 aliphatic carbocycles. The molecule has 1 aliphatic rings. The van der Waals surface area contributed by atoms with Crippen molar-refractivity contribution in [2.75, 3.05) is 19.8 Å². The third-order valence-corrected chi connectivity index (χ3v) is 3.38. The zero-order chi connectivity index (χ0) is 15.8. The Hall–Kier alpha value is -2.32. The summed E-state index contributed by atoms with van der Waals surface area (Å²) >= 11 is 0. The number of carbonyl (C=O) groups excluding carboxylic acids is 1. The second-order valence-corrected chi connectivity index (χ2v) is 5.02. The van der Waals surface area contributed by atoms with Crippen LogP contribution < -0.4 is 10.1 Å². The molecule has 5 heteroatoms. The summed E-state index contributed by atoms with van der Waals surface area (Å²) in [5.74, 6) is 0.396. The first-order chi connectivity index (χ1) is 10.7. The number of nitrogens with one attached hydrogen (secondary N) is 1. The lowest BCUT2D eigenvalue weighted by Crippen LogP contribution is -2.32. The summed E-state index contributed by atoms with van der Waals surface area (Å²) in [5, 5.41) is 11.9. The van der Waals surface area contributed by atoms with Gasteiger partial charge < -0.3 is 14.8 Å². The molecule has 22 heavy (non-hydrogen) atoms. The monoisotopic (exact) mass is 300 g/mol. The SMILES string of the molecule is CCOc1ccc(/C=C(\C#N)C(=O)NC[C@@H]2CCCO2)cc1. The van der Waals surface area contributed by atoms with E-state index in [1.807, 2.05) is 37.3 Å². The Labute approximate surface area is 130 Å². The molecule has 116 valence electrons. The maximum Gasteiger partial charge on any atom is 0.262 e. The molecule has 1 atom stereocenters. The summed E-state index contributed by atoms with van der Waals surface area (Å²) in [6, 6.07) is 9.20. The van der Waals surface area contributed by atoms with Gasteiger partial charge in [-0.15, -0.1) is 0 Å². The van der Waals surface area contributed by atoms with Gasteiger partial charge in [-0.1, -0.05) is 12.1 Å². The molecule has 5 nitrogen and oxygen atoms in total. The summed E-state index contributed by atoms with van der Waals surface area (Å²) < 4.78 is 10.8. The molecule has 1 saturated heterocycles. The second-order valence-electron chi connectivity index (χ2n) is 5.02. The second kappa shape index (κ2) is 8.20. The third kappa shape index (κ3) is 4.61. The molecule has 0 unspecified atom stereocenters. The van der Waals surface area contributed by atoms with Crippen LogP contribution in [0.1, 0.15) is 25.3 Å². The van der Waals surface area contributed by atoms with E-state index < -0.39 is 0 Å². The Balaban J connectivity index is 1.96. The molecule has 1 amide bonds. The summed E-state index contributed by atoms with van der Waals surface area (Å²) in [5.41, 5.74) is 0.870. The number of hydrogen-bond donors (Lipinski definition) is 1. The van der Waals surface area contributed by atoms with Crippen molar-refractivity contribution in [3.8, 4) is 11.8 Å². The van der Waals surface area contributed by atoms with Gasteiger partial charge in [-0.25, -0.2) is 0 Å². The molecular weight excluding hydrogens is 280 g/mol. The van der Waals surface area contributed by atoms with Crippen LogP contribution in [0.5, 0.6) is 5.75 Å². The topological polar surface area (TPSA) is 71.3 Å². The minimum atomic E-state index is -0.369. The standard InChI is InChI=1S/C17H20N2O3/c1-2-21-15-7-5-13(6-8-15)10-14(11-18)17(20)19-12-16-4-3-9-22-16/h5-8,10,16H,2-4,9,12H2,1H3,(H,19,20)/b14-10+/t16-/m0/s1. The maximum absolute atomic E-state index is 12.0. The van der Waals surface area contributed by atoms with E-state index in [1.54, 1.807) is 6.08 Å². The number of hydrogen-bond acceptors (Lipinski definition) is 4. The highest BCUT2D eigenvalue weighted by atomic mass is 16.5. The normalized spacial score (nSPS) is 17.8. The molecule has 0 bridgehead atoms. The maximum atomic E-state index is 12.0. The van der Waals surface area contributed by atoms with Gasteiger partial charge >= 0.3 is 0 Å². The van der Waals surface area contributed by atoms with Crippen LogP contribution in [0.3, 0.4) is 0 Å². The van der Waals surface area contributed by atoms with E-state index in [4.69, 9.17) is 14.7 Å². The molecule has 0 radical (unpaired) electrons. The van der Waals surface area contributed by atoms with Crippen molar-refractivity contribution in [3.63, 3.8) is 0 Å². The molecule has 1 aliphatic heterocycles. The predicted molar refractivity (Wildman–Crippen MR) is 83.2 cm³/mol. The van der Waals surface area contributed by atoms with Crippen LogP contribution in [-0.4, -0.2) is 31.8 Å². The highest BCUT2D eigenvalue weighted by Gasteiger charge is 2.17. The van der Waals surface area contributed by atoms with Gasteiger partial charge in [0.05, 0.1) is 12.7 Å². The Morgan fingerprint density at radius 3 is 2.86 bits per heavy atom. The minimum Gasteiger partial charge on any atom is -0.494 e. The molecule has 0 spiro atoms. The minimum absolute atomic E-state index is 0.0642. The summed E-state index contributed by atoms with van der Waals surface area (Å²) in [6.45, 7) is 3.71. The van der Waals surface area contributed by atoms with E-state index in [0.29, 0.717) is 13.2 Å². The van der Waals surface area contributed by atoms with Gasteiger partial charge in [0.25, 0.3) is 5.91 Å². The van der Waals surface area contributed by atoms with E-state index in [2.05, 4.69) is 5.32 Å². The fourth-order valence-electron chi connectivity index (χ4n) is 2.25. The van der Waals surface area contributed by atoms with Crippen molar-refractivity contribution in [1.82, 2.24) is 5.32 Å². The molecular formula is C17H20N2O3. The van der Waals surface area contributed by atoms with Crippen LogP contribution in [0.2, 0.25) is 0 Å². The van der Waals surface area contributed by atoms with Crippen molar-refractivity contribution in [2.45, 2.75) is 25.9 Å². The van der Waals surface area contributed by atoms with E-state index >= 15 is 0 Å². The lowest BCUT2D eigenvalue weighted by Gasteiger charge is -2.10. The van der Waals surface area contributed by atoms with Crippen LogP contribution in [0.15, 0.2) is 29.8 Å². The van der Waals surface area contributed by atoms with Gasteiger partial charge in [0, 0.05) is 13.2 Å². The smallest absolute Gasteiger partial charge is 0.262 e. The van der Waals surface area contributed by atoms with E-state index in [0.717, 1.165) is 30.8 Å². The van der Waals surface area contributed by atoms with Crippen molar-refractivity contribution < 1.29 is 14.3 Å². The Morgan fingerprint density at radius 1 is 1.50 bits per heavy atom. The van der Waals surface area contributed by atoms with Crippen LogP contribution in [0, 0.1) is 11.3 Å². The van der Waals surface area contributed by atoms with Crippen LogP contribution in [0.4, 0.5) is 0 Å². The third-order valence-electron chi connectivity index (χ3n) is 3.38. The fourth-order valence-corrected chi connectivity index (χ4v) is 2.25. The fraction of sp³-hybridized carbons (Fsp3) is 0.412. The lowest BCUT2D eigenvalue weighted by atomic mass is 10.1.